The summed E-state index contributed by atoms with van der Waals surface area (Å²) >= 11 is 0. The van der Waals surface area contributed by atoms with E-state index in [2.05, 4.69) is 36.1 Å². The second-order valence-electron chi connectivity index (χ2n) is 10.4. The maximum atomic E-state index is 12.8. The lowest BCUT2D eigenvalue weighted by Crippen LogP contribution is -2.39. The lowest BCUT2D eigenvalue weighted by molar-refractivity contribution is -0.118. The van der Waals surface area contributed by atoms with E-state index in [0.717, 1.165) is 0 Å². The average Bonchev–Trinajstić information content (AvgIpc) is 3.54. The maximum absolute atomic E-state index is 12.8. The van der Waals surface area contributed by atoms with Crippen molar-refractivity contribution < 1.29 is 34.5 Å². The summed E-state index contributed by atoms with van der Waals surface area (Å²) in [5, 5.41) is 15.2. The van der Waals surface area contributed by atoms with E-state index in [9.17, 15) is 9.59 Å². The first-order chi connectivity index (χ1) is 21.4. The van der Waals surface area contributed by atoms with Gasteiger partial charge in [0.2, 0.25) is 13.3 Å². The van der Waals surface area contributed by atoms with Crippen LogP contribution in [0.15, 0.2) is 11.1 Å². The predicted octanol–water partition coefficient (Wildman–Crippen LogP) is 2.93. The number of aromatic nitrogens is 4. The molecule has 0 aliphatic carbocycles. The number of hydrogen-bond acceptors (Lipinski definition) is 12. The Labute approximate surface area is 256 Å². The molecule has 3 N–H and O–H groups in total. The molecule has 0 radical (unpaired) electrons. The topological polar surface area (TPSA) is 186 Å². The molecule has 3 rings (SSSR count). The van der Waals surface area contributed by atoms with Crippen LogP contribution < -0.4 is 10.9 Å². The molecule has 1 aliphatic rings. The minimum atomic E-state index is -1.68. The van der Waals surface area contributed by atoms with Crippen LogP contribution in [0.2, 0.25) is 0 Å². The summed E-state index contributed by atoms with van der Waals surface area (Å²) in [4.78, 5) is 36.4. The van der Waals surface area contributed by atoms with Gasteiger partial charge in [0.1, 0.15) is 12.2 Å². The second-order valence-corrected chi connectivity index (χ2v) is 11.8. The summed E-state index contributed by atoms with van der Waals surface area (Å²) in [6.07, 6.45) is -1.51. The zero-order valence-electron chi connectivity index (χ0n) is 28.1. The third-order valence-corrected chi connectivity index (χ3v) is 8.36. The fourth-order valence-corrected chi connectivity index (χ4v) is 6.10. The number of nitrogens with one attached hydrogen (secondary N) is 2. The number of H-pyrrole nitrogens is 1. The number of ether oxygens (including phenoxy) is 3. The number of aliphatic hydroxyl groups excluding tert-OH is 1. The van der Waals surface area contributed by atoms with Gasteiger partial charge in [-0.05, 0) is 34.6 Å². The molecule has 1 amide bonds. The predicted molar refractivity (Wildman–Crippen MR) is 161 cm³/mol. The molecular weight excluding hydrogens is 581 g/mol. The van der Waals surface area contributed by atoms with E-state index in [-0.39, 0.29) is 67.6 Å². The highest BCUT2D eigenvalue weighted by Gasteiger charge is 2.48. The van der Waals surface area contributed by atoms with Crippen LogP contribution in [0, 0.1) is 17.2 Å². The Balaban J connectivity index is 0.00000226. The average molecular weight is 631 g/mol. The second kappa shape index (κ2) is 17.7. The van der Waals surface area contributed by atoms with Crippen LogP contribution in [0.1, 0.15) is 62.5 Å². The quantitative estimate of drug-likeness (QED) is 0.193. The lowest BCUT2D eigenvalue weighted by Gasteiger charge is -2.38. The number of anilines is 1. The van der Waals surface area contributed by atoms with Gasteiger partial charge in [-0.3, -0.25) is 24.5 Å². The van der Waals surface area contributed by atoms with Crippen molar-refractivity contribution in [3.63, 3.8) is 0 Å². The molecule has 242 valence electrons. The third-order valence-electron chi connectivity index (χ3n) is 6.23. The van der Waals surface area contributed by atoms with E-state index in [1.807, 2.05) is 27.7 Å². The first-order valence-corrected chi connectivity index (χ1v) is 15.2. The summed E-state index contributed by atoms with van der Waals surface area (Å²) in [5.74, 6) is -0.662. The van der Waals surface area contributed by atoms with Gasteiger partial charge in [0.05, 0.1) is 44.7 Å². The minimum Gasteiger partial charge on any atom is -0.400 e. The van der Waals surface area contributed by atoms with Gasteiger partial charge in [0.25, 0.3) is 14.1 Å². The fourth-order valence-electron chi connectivity index (χ4n) is 4.34. The molecule has 1 saturated heterocycles. The highest BCUT2D eigenvalue weighted by molar-refractivity contribution is 7.44. The molecular formula is C27H46N7O8P. The highest BCUT2D eigenvalue weighted by Crippen LogP contribution is 2.50. The number of aromatic amines is 1. The third kappa shape index (κ3) is 9.47. The number of carbonyl (C=O) groups is 1. The van der Waals surface area contributed by atoms with Crippen molar-refractivity contribution in [1.29, 1.82) is 6.69 Å². The van der Waals surface area contributed by atoms with Crippen molar-refractivity contribution in [3.05, 3.63) is 16.7 Å². The number of aliphatic hydroxyl groups is 1. The summed E-state index contributed by atoms with van der Waals surface area (Å²) in [6.45, 7) is 12.1. The van der Waals surface area contributed by atoms with Gasteiger partial charge in [0, 0.05) is 33.6 Å². The largest absolute Gasteiger partial charge is 0.400 e. The molecule has 16 heteroatoms. The Bertz CT molecular complexity index is 1280. The van der Waals surface area contributed by atoms with E-state index in [4.69, 9.17) is 31.3 Å². The van der Waals surface area contributed by atoms with Gasteiger partial charge in [-0.2, -0.15) is 10.2 Å². The molecule has 1 fully saturated rings. The summed E-state index contributed by atoms with van der Waals surface area (Å²) in [5.41, 5.74) is -0.307. The number of fused-ring (bicyclic) bond motifs is 1. The van der Waals surface area contributed by atoms with E-state index in [0.29, 0.717) is 6.61 Å². The Morgan fingerprint density at radius 3 is 2.60 bits per heavy atom. The number of amides is 1. The van der Waals surface area contributed by atoms with Gasteiger partial charge < -0.3 is 28.4 Å². The zero-order chi connectivity index (χ0) is 33.7. The Morgan fingerprint density at radius 2 is 2.02 bits per heavy atom. The van der Waals surface area contributed by atoms with Gasteiger partial charge in [-0.1, -0.05) is 13.8 Å². The number of methoxy groups -OCH3 is 1. The molecule has 15 nitrogen and oxygen atoms in total. The van der Waals surface area contributed by atoms with E-state index in [1.54, 1.807) is 25.5 Å². The Kier molecular flexibility index (Phi) is 13.7. The van der Waals surface area contributed by atoms with Gasteiger partial charge in [-0.15, -0.1) is 0 Å². The van der Waals surface area contributed by atoms with Crippen molar-refractivity contribution in [2.45, 2.75) is 91.5 Å². The fraction of sp³-hybridized carbons (Fsp3) is 0.741. The van der Waals surface area contributed by atoms with Crippen molar-refractivity contribution in [2.24, 2.45) is 5.92 Å². The van der Waals surface area contributed by atoms with Gasteiger partial charge >= 0.3 is 0 Å². The van der Waals surface area contributed by atoms with E-state index in [1.165, 1.54) is 13.4 Å². The Hall–Kier alpha value is -2.54. The van der Waals surface area contributed by atoms with Crippen molar-refractivity contribution in [1.82, 2.24) is 24.2 Å². The molecule has 2 aromatic rings. The molecule has 0 bridgehead atoms. The molecule has 0 spiro atoms. The summed E-state index contributed by atoms with van der Waals surface area (Å²) < 4.78 is 48.1. The number of carbonyl (C=O) groups excluding carboxylic acids is 1. The van der Waals surface area contributed by atoms with Crippen LogP contribution in [-0.2, 0) is 28.1 Å². The van der Waals surface area contributed by atoms with Gasteiger partial charge in [-0.25, -0.2) is 9.65 Å². The number of nitriles is 1. The van der Waals surface area contributed by atoms with E-state index >= 15 is 0 Å². The molecule has 5 atom stereocenters. The number of hydrogen-bond donors (Lipinski definition) is 3. The molecule has 0 aromatic carbocycles. The minimum absolute atomic E-state index is 0.0217. The van der Waals surface area contributed by atoms with Crippen LogP contribution >= 0.6 is 8.53 Å². The van der Waals surface area contributed by atoms with Gasteiger partial charge in [0.15, 0.2) is 17.4 Å². The summed E-state index contributed by atoms with van der Waals surface area (Å²) in [6, 6.07) is 2.22. The maximum Gasteiger partial charge on any atom is 0.280 e. The molecule has 0 saturated carbocycles. The zero-order valence-corrected chi connectivity index (χ0v) is 27.0. The van der Waals surface area contributed by atoms with Crippen LogP contribution in [0.5, 0.6) is 0 Å². The van der Waals surface area contributed by atoms with Crippen LogP contribution in [0.4, 0.5) is 5.95 Å². The number of rotatable bonds is 15. The first kappa shape index (κ1) is 33.4. The number of imidazole rings is 1. The SMILES string of the molecule is [2H]C[C@H]1O[C@@H](n2cnc3c(=O)[nH]c(NC(=O)C(C)C)nc32)[C@H](OCCOC)[C@@H]1OP(OCCC#N)N(C(C)C)C(C)C.[3H]OC. The number of nitrogens with zero attached hydrogens (tertiary/aromatic N) is 5. The highest BCUT2D eigenvalue weighted by atomic mass is 31.2. The summed E-state index contributed by atoms with van der Waals surface area (Å²) in [7, 11) is 1.18. The van der Waals surface area contributed by atoms with Crippen molar-refractivity contribution >= 4 is 31.5 Å². The van der Waals surface area contributed by atoms with E-state index < -0.39 is 38.6 Å². The monoisotopic (exact) mass is 630 g/mol. The molecule has 2 aromatic heterocycles. The van der Waals surface area contributed by atoms with Crippen molar-refractivity contribution in [2.75, 3.05) is 39.4 Å². The van der Waals surface area contributed by atoms with Crippen molar-refractivity contribution in [3.8, 4) is 6.07 Å². The lowest BCUT2D eigenvalue weighted by atomic mass is 10.1. The standard InChI is InChI=1S/C26H42N7O7P.CH4O/c1-15(2)23(34)30-26-29-22-19(24(35)31-26)28-14-32(22)25-21(37-13-12-36-8)20(18(7)39-25)40-41(38-11-9-10-27)33(16(3)4)17(5)6;1-2/h14-18,20-21,25H,9,11-13H2,1-8H3,(H2,29,30,31,34,35);2H,1H3/t18-,20-,21-,25-,41?;/m1./s1/i7D;2T. The molecule has 1 aliphatic heterocycles. The van der Waals surface area contributed by atoms with Crippen LogP contribution in [-0.4, -0.2) is 101 Å². The smallest absolute Gasteiger partial charge is 0.280 e. The van der Waals surface area contributed by atoms with Crippen LogP contribution in [0.3, 0.4) is 0 Å². The Morgan fingerprint density at radius 1 is 1.33 bits per heavy atom. The molecule has 1 unspecified atom stereocenters. The van der Waals surface area contributed by atoms with Crippen LogP contribution in [0.25, 0.3) is 11.2 Å². The first-order valence-electron chi connectivity index (χ1n) is 15.1. The molecule has 3 heterocycles. The molecule has 43 heavy (non-hydrogen) atoms. The normalized spacial score (nSPS) is 21.6.